The number of amides is 1. The van der Waals surface area contributed by atoms with Crippen LogP contribution in [-0.2, 0) is 11.3 Å². The van der Waals surface area contributed by atoms with E-state index in [1.165, 1.54) is 31.2 Å². The van der Waals surface area contributed by atoms with Gasteiger partial charge in [0.25, 0.3) is 5.91 Å². The minimum Gasteiger partial charge on any atom is -0.435 e. The summed E-state index contributed by atoms with van der Waals surface area (Å²) in [5, 5.41) is 2.63. The molecule has 0 spiro atoms. The number of pyridine rings is 1. The molecule has 0 bridgehead atoms. The summed E-state index contributed by atoms with van der Waals surface area (Å²) in [5.74, 6) is -0.380. The number of nitrogens with one attached hydrogen (secondary N) is 1. The summed E-state index contributed by atoms with van der Waals surface area (Å²) in [7, 11) is 0. The van der Waals surface area contributed by atoms with E-state index in [2.05, 4.69) is 10.1 Å². The molecule has 1 amide bonds. The van der Waals surface area contributed by atoms with Gasteiger partial charge in [0.1, 0.15) is 5.75 Å². The van der Waals surface area contributed by atoms with Gasteiger partial charge in [-0.25, -0.2) is 0 Å². The average molecular weight is 321 g/mol. The van der Waals surface area contributed by atoms with Crippen LogP contribution >= 0.6 is 0 Å². The lowest BCUT2D eigenvalue weighted by Crippen LogP contribution is -2.40. The molecule has 0 aliphatic heterocycles. The van der Waals surface area contributed by atoms with Gasteiger partial charge in [0, 0.05) is 11.8 Å². The maximum Gasteiger partial charge on any atom is 0.387 e. The summed E-state index contributed by atoms with van der Waals surface area (Å²) in [5.41, 5.74) is 0.966. The van der Waals surface area contributed by atoms with E-state index in [-0.39, 0.29) is 24.0 Å². The van der Waals surface area contributed by atoms with Crippen LogP contribution in [0.4, 0.5) is 14.5 Å². The Morgan fingerprint density at radius 3 is 2.52 bits per heavy atom. The van der Waals surface area contributed by atoms with Crippen LogP contribution in [-0.4, -0.2) is 18.3 Å². The fourth-order valence-electron chi connectivity index (χ4n) is 1.91. The molecule has 0 saturated carbocycles. The lowest BCUT2D eigenvalue weighted by atomic mass is 10.2. The van der Waals surface area contributed by atoms with E-state index >= 15 is 0 Å². The van der Waals surface area contributed by atoms with E-state index in [9.17, 15) is 18.4 Å². The minimum atomic E-state index is -2.89. The number of rotatable bonds is 6. The van der Waals surface area contributed by atoms with Crippen molar-refractivity contribution in [2.75, 3.05) is 5.32 Å². The van der Waals surface area contributed by atoms with Gasteiger partial charge in [-0.15, -0.1) is 0 Å². The van der Waals surface area contributed by atoms with Gasteiger partial charge in [0.15, 0.2) is 18.2 Å². The van der Waals surface area contributed by atoms with Crippen LogP contribution < -0.4 is 14.6 Å². The Bertz CT molecular complexity index is 703. The van der Waals surface area contributed by atoms with Crippen LogP contribution in [0.2, 0.25) is 0 Å². The lowest BCUT2D eigenvalue weighted by molar-refractivity contribution is -0.684. The summed E-state index contributed by atoms with van der Waals surface area (Å²) in [6, 6.07) is 8.95. The molecule has 2 aromatic rings. The number of carbonyl (C=O) groups excluding carboxylic acids is 2. The van der Waals surface area contributed by atoms with E-state index in [4.69, 9.17) is 0 Å². The van der Waals surface area contributed by atoms with Crippen molar-refractivity contribution in [3.8, 4) is 5.75 Å². The zero-order valence-corrected chi connectivity index (χ0v) is 12.3. The second-order valence-corrected chi connectivity index (χ2v) is 4.77. The molecule has 0 radical (unpaired) electrons. The summed E-state index contributed by atoms with van der Waals surface area (Å²) in [4.78, 5) is 23.3. The number of anilines is 1. The first-order valence-corrected chi connectivity index (χ1v) is 6.79. The minimum absolute atomic E-state index is 0.0153. The van der Waals surface area contributed by atoms with Crippen LogP contribution in [0.3, 0.4) is 0 Å². The number of benzene rings is 1. The zero-order chi connectivity index (χ0) is 16.8. The number of aromatic nitrogens is 1. The van der Waals surface area contributed by atoms with E-state index in [0.29, 0.717) is 11.3 Å². The molecular formula is C16H15F2N2O3+. The molecule has 0 aliphatic carbocycles. The van der Waals surface area contributed by atoms with Crippen molar-refractivity contribution in [2.24, 2.45) is 0 Å². The molecule has 1 aromatic carbocycles. The number of hydrogen-bond acceptors (Lipinski definition) is 3. The Morgan fingerprint density at radius 2 is 1.91 bits per heavy atom. The standard InChI is InChI=1S/C16H14F2N2O3/c1-11(21)12-3-2-8-20(9-12)10-15(22)19-13-4-6-14(7-5-13)23-16(17)18/h2-9,16H,10H2,1H3/p+1. The van der Waals surface area contributed by atoms with Gasteiger partial charge in [-0.1, -0.05) is 0 Å². The van der Waals surface area contributed by atoms with Crippen LogP contribution in [0.5, 0.6) is 5.75 Å². The van der Waals surface area contributed by atoms with Gasteiger partial charge in [-0.3, -0.25) is 9.59 Å². The number of hydrogen-bond donors (Lipinski definition) is 1. The molecule has 1 N–H and O–H groups in total. The summed E-state index contributed by atoms with van der Waals surface area (Å²) < 4.78 is 29.9. The Labute approximate surface area is 131 Å². The number of ketones is 1. The third-order valence-corrected chi connectivity index (χ3v) is 2.95. The van der Waals surface area contributed by atoms with Gasteiger partial charge in [-0.05, 0) is 37.3 Å². The van der Waals surface area contributed by atoms with Crippen molar-refractivity contribution in [3.63, 3.8) is 0 Å². The molecule has 0 saturated heterocycles. The zero-order valence-electron chi connectivity index (χ0n) is 12.3. The predicted molar refractivity (Wildman–Crippen MR) is 78.3 cm³/mol. The molecule has 0 aliphatic rings. The van der Waals surface area contributed by atoms with E-state index < -0.39 is 6.61 Å². The highest BCUT2D eigenvalue weighted by molar-refractivity contribution is 5.93. The van der Waals surface area contributed by atoms with Crippen LogP contribution in [0.15, 0.2) is 48.8 Å². The van der Waals surface area contributed by atoms with Crippen molar-refractivity contribution in [1.29, 1.82) is 0 Å². The first-order chi connectivity index (χ1) is 10.9. The molecule has 23 heavy (non-hydrogen) atoms. The number of alkyl halides is 2. The molecule has 120 valence electrons. The van der Waals surface area contributed by atoms with Gasteiger partial charge in [-0.2, -0.15) is 13.3 Å². The number of ether oxygens (including phenoxy) is 1. The molecule has 0 atom stereocenters. The van der Waals surface area contributed by atoms with Crippen LogP contribution in [0, 0.1) is 0 Å². The van der Waals surface area contributed by atoms with Crippen molar-refractivity contribution in [3.05, 3.63) is 54.4 Å². The molecular weight excluding hydrogens is 306 g/mol. The Kier molecular flexibility index (Phi) is 5.35. The fraction of sp³-hybridized carbons (Fsp3) is 0.188. The summed E-state index contributed by atoms with van der Waals surface area (Å²) >= 11 is 0. The maximum absolute atomic E-state index is 12.0. The average Bonchev–Trinajstić information content (AvgIpc) is 2.49. The van der Waals surface area contributed by atoms with Crippen molar-refractivity contribution < 1.29 is 27.7 Å². The van der Waals surface area contributed by atoms with Crippen molar-refractivity contribution in [2.45, 2.75) is 20.1 Å². The highest BCUT2D eigenvalue weighted by atomic mass is 19.3. The summed E-state index contributed by atoms with van der Waals surface area (Å²) in [6.45, 7) is -1.42. The number of nitrogens with zero attached hydrogens (tertiary/aromatic N) is 1. The van der Waals surface area contributed by atoms with Gasteiger partial charge < -0.3 is 10.1 Å². The van der Waals surface area contributed by atoms with E-state index in [1.54, 1.807) is 29.1 Å². The largest absolute Gasteiger partial charge is 0.435 e. The van der Waals surface area contributed by atoms with Gasteiger partial charge in [0.2, 0.25) is 6.54 Å². The Balaban J connectivity index is 1.96. The molecule has 1 heterocycles. The first-order valence-electron chi connectivity index (χ1n) is 6.79. The highest BCUT2D eigenvalue weighted by Gasteiger charge is 2.12. The molecule has 0 unspecified atom stereocenters. The van der Waals surface area contributed by atoms with Gasteiger partial charge >= 0.3 is 6.61 Å². The van der Waals surface area contributed by atoms with Crippen LogP contribution in [0.1, 0.15) is 17.3 Å². The topological polar surface area (TPSA) is 59.3 Å². The SMILES string of the molecule is CC(=O)c1ccc[n+](CC(=O)Nc2ccc(OC(F)F)cc2)c1. The second kappa shape index (κ2) is 7.44. The van der Waals surface area contributed by atoms with Gasteiger partial charge in [0.05, 0.1) is 5.56 Å². The van der Waals surface area contributed by atoms with Crippen molar-refractivity contribution >= 4 is 17.4 Å². The lowest BCUT2D eigenvalue weighted by Gasteiger charge is -2.06. The van der Waals surface area contributed by atoms with Crippen LogP contribution in [0.25, 0.3) is 0 Å². The maximum atomic E-state index is 12.0. The normalized spacial score (nSPS) is 10.4. The quantitative estimate of drug-likeness (QED) is 0.656. The first kappa shape index (κ1) is 16.5. The second-order valence-electron chi connectivity index (χ2n) is 4.77. The van der Waals surface area contributed by atoms with Crippen molar-refractivity contribution in [1.82, 2.24) is 0 Å². The number of Topliss-reactive ketones (excluding diaryl/α,β-unsaturated/α-hetero) is 1. The highest BCUT2D eigenvalue weighted by Crippen LogP contribution is 2.17. The third kappa shape index (κ3) is 5.14. The monoisotopic (exact) mass is 321 g/mol. The van der Waals surface area contributed by atoms with E-state index in [0.717, 1.165) is 0 Å². The number of carbonyl (C=O) groups is 2. The predicted octanol–water partition coefficient (Wildman–Crippen LogP) is 2.42. The molecule has 7 heteroatoms. The summed E-state index contributed by atoms with van der Waals surface area (Å²) in [6.07, 6.45) is 3.26. The smallest absolute Gasteiger partial charge is 0.387 e. The Morgan fingerprint density at radius 1 is 1.22 bits per heavy atom. The number of halogens is 2. The molecule has 5 nitrogen and oxygen atoms in total. The molecule has 1 aromatic heterocycles. The molecule has 0 fully saturated rings. The van der Waals surface area contributed by atoms with E-state index in [1.807, 2.05) is 0 Å². The fourth-order valence-corrected chi connectivity index (χ4v) is 1.91. The Hall–Kier alpha value is -2.83. The molecule has 2 rings (SSSR count). The third-order valence-electron chi connectivity index (χ3n) is 2.95.